The lowest BCUT2D eigenvalue weighted by Gasteiger charge is -2.15. The fourth-order valence-corrected chi connectivity index (χ4v) is 1.39. The van der Waals surface area contributed by atoms with Crippen LogP contribution in [0.25, 0.3) is 0 Å². The van der Waals surface area contributed by atoms with Crippen molar-refractivity contribution in [1.29, 1.82) is 5.41 Å². The summed E-state index contributed by atoms with van der Waals surface area (Å²) in [4.78, 5) is 0. The van der Waals surface area contributed by atoms with Crippen LogP contribution in [-0.4, -0.2) is 25.7 Å². The van der Waals surface area contributed by atoms with Crippen LogP contribution in [0.5, 0.6) is 11.5 Å². The van der Waals surface area contributed by atoms with E-state index in [4.69, 9.17) is 19.6 Å². The normalized spacial score (nSPS) is 10.2. The molecule has 0 amide bonds. The number of hydrogen-bond donors (Lipinski definition) is 1. The van der Waals surface area contributed by atoms with E-state index in [9.17, 15) is 0 Å². The highest BCUT2D eigenvalue weighted by Crippen LogP contribution is 2.26. The van der Waals surface area contributed by atoms with Crippen LogP contribution >= 0.6 is 0 Å². The monoisotopic (exact) mass is 237 g/mol. The first kappa shape index (κ1) is 13.4. The maximum atomic E-state index is 7.80. The second-order valence-corrected chi connectivity index (χ2v) is 3.79. The van der Waals surface area contributed by atoms with Crippen molar-refractivity contribution >= 4 is 5.90 Å². The smallest absolute Gasteiger partial charge is 0.217 e. The molecule has 1 rings (SSSR count). The molecule has 4 nitrogen and oxygen atoms in total. The van der Waals surface area contributed by atoms with Gasteiger partial charge in [0.15, 0.2) is 0 Å². The lowest BCUT2D eigenvalue weighted by molar-refractivity contribution is 0.239. The SMILES string of the molecule is CCOC(=N)c1ccc(OC)cc1OC(C)C. The van der Waals surface area contributed by atoms with E-state index < -0.39 is 0 Å². The van der Waals surface area contributed by atoms with Gasteiger partial charge in [-0.25, -0.2) is 0 Å². The van der Waals surface area contributed by atoms with Crippen molar-refractivity contribution < 1.29 is 14.2 Å². The van der Waals surface area contributed by atoms with Gasteiger partial charge in [-0.15, -0.1) is 0 Å². The molecule has 94 valence electrons. The Bertz CT molecular complexity index is 388. The largest absolute Gasteiger partial charge is 0.497 e. The van der Waals surface area contributed by atoms with Crippen molar-refractivity contribution in [2.24, 2.45) is 0 Å². The molecule has 0 spiro atoms. The predicted octanol–water partition coefficient (Wildman–Crippen LogP) is 2.84. The summed E-state index contributed by atoms with van der Waals surface area (Å²) in [6, 6.07) is 5.33. The molecule has 0 aromatic heterocycles. The van der Waals surface area contributed by atoms with Gasteiger partial charge in [0.2, 0.25) is 5.90 Å². The highest BCUT2D eigenvalue weighted by atomic mass is 16.5. The zero-order valence-electron chi connectivity index (χ0n) is 10.7. The Kier molecular flexibility index (Phi) is 4.82. The molecule has 1 aromatic rings. The molecule has 0 heterocycles. The van der Waals surface area contributed by atoms with Gasteiger partial charge in [0.25, 0.3) is 0 Å². The van der Waals surface area contributed by atoms with Gasteiger partial charge in [-0.3, -0.25) is 5.41 Å². The molecule has 0 aliphatic rings. The Balaban J connectivity index is 3.05. The van der Waals surface area contributed by atoms with Crippen LogP contribution in [0.4, 0.5) is 0 Å². The molecule has 1 N–H and O–H groups in total. The summed E-state index contributed by atoms with van der Waals surface area (Å²) in [6.45, 7) is 6.19. The number of ether oxygens (including phenoxy) is 3. The number of methoxy groups -OCH3 is 1. The molecule has 0 aliphatic heterocycles. The van der Waals surface area contributed by atoms with E-state index >= 15 is 0 Å². The first-order chi connectivity index (χ1) is 8.08. The highest BCUT2D eigenvalue weighted by molar-refractivity contribution is 5.94. The maximum absolute atomic E-state index is 7.80. The maximum Gasteiger partial charge on any atom is 0.217 e. The average Bonchev–Trinajstić information content (AvgIpc) is 2.28. The number of benzene rings is 1. The van der Waals surface area contributed by atoms with E-state index in [1.54, 1.807) is 25.3 Å². The van der Waals surface area contributed by atoms with Crippen molar-refractivity contribution in [3.8, 4) is 11.5 Å². The Morgan fingerprint density at radius 1 is 1.35 bits per heavy atom. The predicted molar refractivity (Wildman–Crippen MR) is 67.2 cm³/mol. The molecule has 0 saturated carbocycles. The lowest BCUT2D eigenvalue weighted by Crippen LogP contribution is -2.12. The third kappa shape index (κ3) is 3.66. The molecule has 0 radical (unpaired) electrons. The molecular formula is C13H19NO3. The fraction of sp³-hybridized carbons (Fsp3) is 0.462. The number of rotatable bonds is 5. The summed E-state index contributed by atoms with van der Waals surface area (Å²) >= 11 is 0. The Morgan fingerprint density at radius 2 is 2.06 bits per heavy atom. The number of nitrogens with one attached hydrogen (secondary N) is 1. The average molecular weight is 237 g/mol. The summed E-state index contributed by atoms with van der Waals surface area (Å²) in [6.07, 6.45) is 0.0373. The minimum absolute atomic E-state index is 0.0373. The van der Waals surface area contributed by atoms with Gasteiger partial charge in [-0.1, -0.05) is 0 Å². The topological polar surface area (TPSA) is 51.5 Å². The molecule has 4 heteroatoms. The standard InChI is InChI=1S/C13H19NO3/c1-5-16-13(14)11-7-6-10(15-4)8-12(11)17-9(2)3/h6-9,14H,5H2,1-4H3. The first-order valence-electron chi connectivity index (χ1n) is 5.64. The zero-order valence-corrected chi connectivity index (χ0v) is 10.7. The van der Waals surface area contributed by atoms with Crippen molar-refractivity contribution in [3.05, 3.63) is 23.8 Å². The van der Waals surface area contributed by atoms with E-state index in [1.807, 2.05) is 20.8 Å². The van der Waals surface area contributed by atoms with E-state index in [0.717, 1.165) is 0 Å². The zero-order chi connectivity index (χ0) is 12.8. The van der Waals surface area contributed by atoms with Crippen LogP contribution in [0.2, 0.25) is 0 Å². The molecule has 17 heavy (non-hydrogen) atoms. The molecule has 0 saturated heterocycles. The van der Waals surface area contributed by atoms with E-state index in [0.29, 0.717) is 23.7 Å². The van der Waals surface area contributed by atoms with Crippen molar-refractivity contribution in [1.82, 2.24) is 0 Å². The Hall–Kier alpha value is -1.71. The quantitative estimate of drug-likeness (QED) is 0.633. The second-order valence-electron chi connectivity index (χ2n) is 3.79. The first-order valence-corrected chi connectivity index (χ1v) is 5.64. The van der Waals surface area contributed by atoms with Gasteiger partial charge in [-0.05, 0) is 32.9 Å². The van der Waals surface area contributed by atoms with Crippen LogP contribution in [0.3, 0.4) is 0 Å². The second kappa shape index (κ2) is 6.13. The third-order valence-corrected chi connectivity index (χ3v) is 2.08. The molecule has 0 fully saturated rings. The summed E-state index contributed by atoms with van der Waals surface area (Å²) in [7, 11) is 1.60. The summed E-state index contributed by atoms with van der Waals surface area (Å²) < 4.78 is 16.0. The van der Waals surface area contributed by atoms with Crippen molar-refractivity contribution in [3.63, 3.8) is 0 Å². The summed E-state index contributed by atoms with van der Waals surface area (Å²) in [5, 5.41) is 7.80. The molecule has 0 atom stereocenters. The molecule has 0 unspecified atom stereocenters. The van der Waals surface area contributed by atoms with E-state index in [-0.39, 0.29) is 12.0 Å². The molecular weight excluding hydrogens is 218 g/mol. The Morgan fingerprint density at radius 3 is 2.59 bits per heavy atom. The number of hydrogen-bond acceptors (Lipinski definition) is 4. The van der Waals surface area contributed by atoms with Gasteiger partial charge >= 0.3 is 0 Å². The van der Waals surface area contributed by atoms with Gasteiger partial charge in [0, 0.05) is 6.07 Å². The van der Waals surface area contributed by atoms with Crippen molar-refractivity contribution in [2.45, 2.75) is 26.9 Å². The minimum Gasteiger partial charge on any atom is -0.497 e. The lowest BCUT2D eigenvalue weighted by atomic mass is 10.2. The van der Waals surface area contributed by atoms with Gasteiger partial charge in [0.05, 0.1) is 25.4 Å². The molecule has 0 bridgehead atoms. The minimum atomic E-state index is 0.0373. The molecule has 1 aromatic carbocycles. The van der Waals surface area contributed by atoms with Crippen LogP contribution in [0, 0.1) is 5.41 Å². The van der Waals surface area contributed by atoms with Gasteiger partial charge < -0.3 is 14.2 Å². The van der Waals surface area contributed by atoms with Crippen LogP contribution in [0.1, 0.15) is 26.3 Å². The van der Waals surface area contributed by atoms with Crippen LogP contribution < -0.4 is 9.47 Å². The summed E-state index contributed by atoms with van der Waals surface area (Å²) in [5.41, 5.74) is 0.640. The Labute approximate surface area is 102 Å². The fourth-order valence-electron chi connectivity index (χ4n) is 1.39. The highest BCUT2D eigenvalue weighted by Gasteiger charge is 2.12. The van der Waals surface area contributed by atoms with Gasteiger partial charge in [-0.2, -0.15) is 0 Å². The van der Waals surface area contributed by atoms with Crippen LogP contribution in [0.15, 0.2) is 18.2 Å². The van der Waals surface area contributed by atoms with E-state index in [1.165, 1.54) is 0 Å². The van der Waals surface area contributed by atoms with Crippen molar-refractivity contribution in [2.75, 3.05) is 13.7 Å². The third-order valence-electron chi connectivity index (χ3n) is 2.08. The van der Waals surface area contributed by atoms with Crippen LogP contribution in [-0.2, 0) is 4.74 Å². The van der Waals surface area contributed by atoms with Gasteiger partial charge in [0.1, 0.15) is 11.5 Å². The molecule has 0 aliphatic carbocycles. The van der Waals surface area contributed by atoms with E-state index in [2.05, 4.69) is 0 Å². The summed E-state index contributed by atoms with van der Waals surface area (Å²) in [5.74, 6) is 1.43.